The number of hydrogen-bond acceptors (Lipinski definition) is 5. The van der Waals surface area contributed by atoms with Crippen molar-refractivity contribution in [2.75, 3.05) is 33.9 Å². The van der Waals surface area contributed by atoms with Gasteiger partial charge in [-0.2, -0.15) is 0 Å². The highest BCUT2D eigenvalue weighted by molar-refractivity contribution is 7.89. The Labute approximate surface area is 149 Å². The van der Waals surface area contributed by atoms with Crippen LogP contribution in [0.2, 0.25) is 0 Å². The first-order valence-corrected chi connectivity index (χ1v) is 9.87. The van der Waals surface area contributed by atoms with Crippen LogP contribution in [-0.4, -0.2) is 53.1 Å². The first-order valence-electron chi connectivity index (χ1n) is 8.39. The Morgan fingerprint density at radius 1 is 1.12 bits per heavy atom. The van der Waals surface area contributed by atoms with Crippen LogP contribution in [0.5, 0.6) is 11.5 Å². The van der Waals surface area contributed by atoms with Crippen LogP contribution in [0.15, 0.2) is 17.0 Å². The smallest absolute Gasteiger partial charge is 0.241 e. The van der Waals surface area contributed by atoms with E-state index in [0.29, 0.717) is 36.6 Å². The summed E-state index contributed by atoms with van der Waals surface area (Å²) in [6, 6.07) is 3.08. The number of amides is 1. The second kappa shape index (κ2) is 8.53. The van der Waals surface area contributed by atoms with E-state index in [4.69, 9.17) is 9.47 Å². The maximum Gasteiger partial charge on any atom is 0.241 e. The topological polar surface area (TPSA) is 84.9 Å². The minimum Gasteiger partial charge on any atom is -0.493 e. The molecule has 0 bridgehead atoms. The van der Waals surface area contributed by atoms with Crippen LogP contribution in [0, 0.1) is 6.92 Å². The van der Waals surface area contributed by atoms with Crippen LogP contribution >= 0.6 is 0 Å². The summed E-state index contributed by atoms with van der Waals surface area (Å²) >= 11 is 0. The van der Waals surface area contributed by atoms with Gasteiger partial charge in [-0.1, -0.05) is 6.42 Å². The van der Waals surface area contributed by atoms with E-state index >= 15 is 0 Å². The number of methoxy groups -OCH3 is 2. The van der Waals surface area contributed by atoms with Gasteiger partial charge in [0.25, 0.3) is 0 Å². The summed E-state index contributed by atoms with van der Waals surface area (Å²) in [6.07, 6.45) is 3.46. The molecule has 1 aromatic carbocycles. The van der Waals surface area contributed by atoms with Gasteiger partial charge in [-0.15, -0.1) is 0 Å². The summed E-state index contributed by atoms with van der Waals surface area (Å²) < 4.78 is 38.1. The molecule has 25 heavy (non-hydrogen) atoms. The predicted octanol–water partition coefficient (Wildman–Crippen LogP) is 1.69. The molecule has 0 unspecified atom stereocenters. The quantitative estimate of drug-likeness (QED) is 0.790. The molecule has 1 aromatic rings. The van der Waals surface area contributed by atoms with Crippen LogP contribution in [0.4, 0.5) is 0 Å². The minimum absolute atomic E-state index is 0.0963. The number of nitrogens with one attached hydrogen (secondary N) is 1. The molecule has 0 atom stereocenters. The van der Waals surface area contributed by atoms with Gasteiger partial charge in [-0.3, -0.25) is 4.79 Å². The van der Waals surface area contributed by atoms with E-state index in [1.807, 2.05) is 0 Å². The zero-order valence-corrected chi connectivity index (χ0v) is 15.8. The van der Waals surface area contributed by atoms with E-state index in [1.54, 1.807) is 17.9 Å². The van der Waals surface area contributed by atoms with Crippen molar-refractivity contribution in [2.45, 2.75) is 37.5 Å². The van der Waals surface area contributed by atoms with Crippen molar-refractivity contribution in [3.63, 3.8) is 0 Å². The number of carbonyl (C=O) groups is 1. The van der Waals surface area contributed by atoms with Gasteiger partial charge in [0.2, 0.25) is 15.9 Å². The molecule has 8 heteroatoms. The van der Waals surface area contributed by atoms with Crippen LogP contribution in [-0.2, 0) is 14.8 Å². The molecule has 140 valence electrons. The number of rotatable bonds is 7. The molecule has 1 amide bonds. The molecule has 0 spiro atoms. The molecule has 1 aliphatic heterocycles. The number of carbonyl (C=O) groups excluding carboxylic acids is 1. The number of nitrogens with zero attached hydrogens (tertiary/aromatic N) is 1. The number of aryl methyl sites for hydroxylation is 1. The Morgan fingerprint density at radius 3 is 2.48 bits per heavy atom. The normalized spacial score (nSPS) is 15.8. The number of benzene rings is 1. The fraction of sp³-hybridized carbons (Fsp3) is 0.588. The molecule has 0 saturated carbocycles. The Balaban J connectivity index is 2.07. The molecule has 1 N–H and O–H groups in total. The van der Waals surface area contributed by atoms with Crippen molar-refractivity contribution < 1.29 is 22.7 Å². The Bertz CT molecular complexity index is 718. The van der Waals surface area contributed by atoms with Gasteiger partial charge in [-0.25, -0.2) is 13.1 Å². The van der Waals surface area contributed by atoms with Gasteiger partial charge in [0.15, 0.2) is 11.5 Å². The molecule has 0 radical (unpaired) electrons. The molecule has 0 aliphatic carbocycles. The van der Waals surface area contributed by atoms with E-state index in [0.717, 1.165) is 19.3 Å². The lowest BCUT2D eigenvalue weighted by atomic mass is 10.2. The first kappa shape index (κ1) is 19.5. The number of hydrogen-bond donors (Lipinski definition) is 1. The summed E-state index contributed by atoms with van der Waals surface area (Å²) in [7, 11) is -0.737. The van der Waals surface area contributed by atoms with Gasteiger partial charge in [0, 0.05) is 32.1 Å². The summed E-state index contributed by atoms with van der Waals surface area (Å²) in [4.78, 5) is 13.8. The molecular formula is C17H26N2O5S. The third kappa shape index (κ3) is 4.85. The van der Waals surface area contributed by atoms with Crippen molar-refractivity contribution in [2.24, 2.45) is 0 Å². The third-order valence-corrected chi connectivity index (χ3v) is 5.92. The molecule has 1 aliphatic rings. The molecule has 1 fully saturated rings. The van der Waals surface area contributed by atoms with E-state index in [2.05, 4.69) is 4.72 Å². The largest absolute Gasteiger partial charge is 0.493 e. The highest BCUT2D eigenvalue weighted by atomic mass is 32.2. The van der Waals surface area contributed by atoms with E-state index in [1.165, 1.54) is 20.3 Å². The maximum atomic E-state index is 12.6. The standard InChI is InChI=1S/C17H26N2O5S/c1-13-11-14(23-2)15(24-3)12-16(13)25(21,22)18-8-10-19-9-6-4-5-7-17(19)20/h11-12,18H,4-10H2,1-3H3. The Kier molecular flexibility index (Phi) is 6.66. The number of ether oxygens (including phenoxy) is 2. The van der Waals surface area contributed by atoms with Gasteiger partial charge in [-0.05, 0) is 31.4 Å². The average Bonchev–Trinajstić information content (AvgIpc) is 2.78. The fourth-order valence-electron chi connectivity index (χ4n) is 2.92. The summed E-state index contributed by atoms with van der Waals surface area (Å²) in [5.41, 5.74) is 0.566. The second-order valence-corrected chi connectivity index (χ2v) is 7.80. The summed E-state index contributed by atoms with van der Waals surface area (Å²) in [5.74, 6) is 0.935. The average molecular weight is 370 g/mol. The lowest BCUT2D eigenvalue weighted by Gasteiger charge is -2.21. The lowest BCUT2D eigenvalue weighted by Crippen LogP contribution is -2.38. The number of likely N-dealkylation sites (tertiary alicyclic amines) is 1. The summed E-state index contributed by atoms with van der Waals surface area (Å²) in [6.45, 7) is 2.96. The molecule has 1 heterocycles. The third-order valence-electron chi connectivity index (χ3n) is 4.32. The fourth-order valence-corrected chi connectivity index (χ4v) is 4.18. The summed E-state index contributed by atoms with van der Waals surface area (Å²) in [5, 5.41) is 0. The molecule has 0 aromatic heterocycles. The predicted molar refractivity (Wildman–Crippen MR) is 94.5 cm³/mol. The zero-order chi connectivity index (χ0) is 18.4. The van der Waals surface area contributed by atoms with Crippen LogP contribution in [0.1, 0.15) is 31.2 Å². The molecule has 1 saturated heterocycles. The highest BCUT2D eigenvalue weighted by Gasteiger charge is 2.21. The monoisotopic (exact) mass is 370 g/mol. The first-order chi connectivity index (χ1) is 11.9. The van der Waals surface area contributed by atoms with E-state index in [9.17, 15) is 13.2 Å². The highest BCUT2D eigenvalue weighted by Crippen LogP contribution is 2.32. The second-order valence-electron chi connectivity index (χ2n) is 6.06. The van der Waals surface area contributed by atoms with Gasteiger partial charge in [0.1, 0.15) is 0 Å². The Morgan fingerprint density at radius 2 is 1.80 bits per heavy atom. The van der Waals surface area contributed by atoms with Crippen molar-refractivity contribution >= 4 is 15.9 Å². The van der Waals surface area contributed by atoms with Crippen molar-refractivity contribution in [1.29, 1.82) is 0 Å². The van der Waals surface area contributed by atoms with E-state index in [-0.39, 0.29) is 17.3 Å². The number of sulfonamides is 1. The maximum absolute atomic E-state index is 12.6. The van der Waals surface area contributed by atoms with Crippen LogP contribution in [0.25, 0.3) is 0 Å². The molecule has 2 rings (SSSR count). The molecule has 7 nitrogen and oxygen atoms in total. The van der Waals surface area contributed by atoms with Crippen LogP contribution in [0.3, 0.4) is 0 Å². The van der Waals surface area contributed by atoms with Crippen molar-refractivity contribution in [3.8, 4) is 11.5 Å². The van der Waals surface area contributed by atoms with Gasteiger partial charge in [0.05, 0.1) is 19.1 Å². The Hall–Kier alpha value is -1.80. The van der Waals surface area contributed by atoms with Gasteiger partial charge < -0.3 is 14.4 Å². The van der Waals surface area contributed by atoms with Crippen molar-refractivity contribution in [1.82, 2.24) is 9.62 Å². The molecular weight excluding hydrogens is 344 g/mol. The zero-order valence-electron chi connectivity index (χ0n) is 15.0. The van der Waals surface area contributed by atoms with Crippen molar-refractivity contribution in [3.05, 3.63) is 17.7 Å². The van der Waals surface area contributed by atoms with E-state index < -0.39 is 10.0 Å². The minimum atomic E-state index is -3.70. The lowest BCUT2D eigenvalue weighted by molar-refractivity contribution is -0.130. The van der Waals surface area contributed by atoms with Crippen LogP contribution < -0.4 is 14.2 Å². The SMILES string of the molecule is COc1cc(C)c(S(=O)(=O)NCCN2CCCCCC2=O)cc1OC. The van der Waals surface area contributed by atoms with Gasteiger partial charge >= 0.3 is 0 Å².